The standard InChI is InChI=1S/C128H74N8O4/c1-6-31-75(32-7-1)121-129-122(76-33-8-2-9-34-76)131-125(130-121)83-59-63-87-95-72-81(61-66-98(95)127(104(87)73-83)100-49-18-24-55-108(100)138-109-56-25-19-50-101(109)127)94-74-113-115(119-114(94)91-44-17-23-54-106(91)136(119)85-41-14-5-15-42-85)92-47-29-45-86(120(92)140-113)80-37-28-38-82(69-80)124-132-123(77-35-10-3-11-36-77)133-126(134-124)93-48-30-46-89-96-70-78(60-65-99(96)128(117(89)93)102-51-20-26-57-110(102)139-111-58-27-21-52-103(111)128)79-62-67-107-97(71-79)116-112(137-107)68-64-90-88-43-16-22-53-105(88)135(118(90)116)84-39-12-4-13-40-84/h1-74H. The van der Waals surface area contributed by atoms with E-state index >= 15 is 0 Å². The topological polar surface area (TPSA) is 132 Å². The van der Waals surface area contributed by atoms with Gasteiger partial charge in [-0.15, -0.1) is 0 Å². The van der Waals surface area contributed by atoms with Gasteiger partial charge in [-0.2, -0.15) is 0 Å². The van der Waals surface area contributed by atoms with Crippen molar-refractivity contribution >= 4 is 87.5 Å². The van der Waals surface area contributed by atoms with Gasteiger partial charge in [0.05, 0.1) is 43.7 Å². The van der Waals surface area contributed by atoms with Gasteiger partial charge in [0, 0.05) is 105 Å². The van der Waals surface area contributed by atoms with Crippen molar-refractivity contribution in [3.8, 4) is 158 Å². The Hall–Kier alpha value is -18.8. The number of fused-ring (bicyclic) bond motifs is 32. The van der Waals surface area contributed by atoms with Crippen LogP contribution in [0.5, 0.6) is 23.0 Å². The summed E-state index contributed by atoms with van der Waals surface area (Å²) < 4.78 is 33.4. The molecule has 0 fully saturated rings. The molecule has 12 heteroatoms. The molecule has 140 heavy (non-hydrogen) atoms. The fourth-order valence-electron chi connectivity index (χ4n) is 23.7. The van der Waals surface area contributed by atoms with E-state index < -0.39 is 10.8 Å². The summed E-state index contributed by atoms with van der Waals surface area (Å²) in [6, 6.07) is 160. The van der Waals surface area contributed by atoms with Gasteiger partial charge in [0.2, 0.25) is 0 Å². The second-order valence-corrected chi connectivity index (χ2v) is 36.8. The Kier molecular flexibility index (Phi) is 16.6. The first-order valence-electron chi connectivity index (χ1n) is 47.4. The zero-order valence-electron chi connectivity index (χ0n) is 74.9. The summed E-state index contributed by atoms with van der Waals surface area (Å²) in [6.07, 6.45) is 0. The highest BCUT2D eigenvalue weighted by Crippen LogP contribution is 2.67. The quantitative estimate of drug-likeness (QED) is 0.123. The monoisotopic (exact) mass is 1790 g/mol. The van der Waals surface area contributed by atoms with Gasteiger partial charge in [-0.3, -0.25) is 0 Å². The summed E-state index contributed by atoms with van der Waals surface area (Å²) in [4.78, 5) is 32.8. The van der Waals surface area contributed by atoms with Crippen molar-refractivity contribution < 1.29 is 18.3 Å². The van der Waals surface area contributed by atoms with Crippen LogP contribution in [0.25, 0.3) is 223 Å². The second-order valence-electron chi connectivity index (χ2n) is 36.8. The average Bonchev–Trinajstić information content (AvgIpc) is 1.50. The van der Waals surface area contributed by atoms with E-state index in [0.29, 0.717) is 34.9 Å². The number of para-hydroxylation sites is 9. The first kappa shape index (κ1) is 77.6. The molecule has 30 rings (SSSR count). The highest BCUT2D eigenvalue weighted by molar-refractivity contribution is 6.30. The van der Waals surface area contributed by atoms with Gasteiger partial charge in [-0.1, -0.05) is 334 Å². The predicted octanol–water partition coefficient (Wildman–Crippen LogP) is 32.0. The first-order chi connectivity index (χ1) is 69.4. The largest absolute Gasteiger partial charge is 0.457 e. The lowest BCUT2D eigenvalue weighted by Gasteiger charge is -2.40. The van der Waals surface area contributed by atoms with Gasteiger partial charge in [0.1, 0.15) is 45.3 Å². The van der Waals surface area contributed by atoms with E-state index in [9.17, 15) is 0 Å². The summed E-state index contributed by atoms with van der Waals surface area (Å²) in [5.74, 6) is 6.49. The molecule has 6 aromatic heterocycles. The van der Waals surface area contributed by atoms with E-state index in [-0.39, 0.29) is 0 Å². The van der Waals surface area contributed by atoms with Gasteiger partial charge < -0.3 is 27.4 Å². The smallest absolute Gasteiger partial charge is 0.164 e. The fraction of sp³-hybridized carbons (Fsp3) is 0.0156. The molecule has 0 radical (unpaired) electrons. The number of hydrogen-bond donors (Lipinski definition) is 0. The molecule has 2 aliphatic heterocycles. The normalized spacial score (nSPS) is 13.2. The summed E-state index contributed by atoms with van der Waals surface area (Å²) in [7, 11) is 0. The van der Waals surface area contributed by atoms with Crippen LogP contribution >= 0.6 is 0 Å². The minimum atomic E-state index is -0.922. The van der Waals surface area contributed by atoms with Gasteiger partial charge >= 0.3 is 0 Å². The molecular weight excluding hydrogens is 1710 g/mol. The second kappa shape index (κ2) is 29.9. The van der Waals surface area contributed by atoms with Crippen molar-refractivity contribution in [2.75, 3.05) is 0 Å². The maximum absolute atomic E-state index is 7.72. The number of nitrogens with zero attached hydrogens (tertiary/aromatic N) is 8. The maximum Gasteiger partial charge on any atom is 0.164 e. The fourth-order valence-corrected chi connectivity index (χ4v) is 23.7. The lowest BCUT2D eigenvalue weighted by atomic mass is 9.65. The van der Waals surface area contributed by atoms with Crippen molar-refractivity contribution in [3.05, 3.63) is 493 Å². The summed E-state index contributed by atoms with van der Waals surface area (Å²) in [5, 5.41) is 8.66. The van der Waals surface area contributed by atoms with Crippen molar-refractivity contribution in [1.29, 1.82) is 0 Å². The molecule has 12 nitrogen and oxygen atoms in total. The van der Waals surface area contributed by atoms with Gasteiger partial charge in [0.15, 0.2) is 34.9 Å². The van der Waals surface area contributed by atoms with E-state index in [4.69, 9.17) is 48.2 Å². The number of furan rings is 2. The summed E-state index contributed by atoms with van der Waals surface area (Å²) >= 11 is 0. The zero-order chi connectivity index (χ0) is 91.6. The zero-order valence-corrected chi connectivity index (χ0v) is 74.9. The minimum absolute atomic E-state index is 0.512. The molecule has 0 amide bonds. The SMILES string of the molecule is c1ccc(-c2nc(-c3ccccc3)nc(-c3ccc4c(c3)C3(c5ccccc5Oc5ccccc53)c3ccc(-c5cc6oc7c(-c8cccc(-c9nc(-c%10ccccc%10)nc(-c%10cccc%11c%10C%10(c%12ccccc%12Oc%12ccccc%12%10)c%10ccc(-c%12ccc%13oc%14ccc%15c%16ccccc%16n(-c%16ccccc%16)c%15c%14c%13c%12)cc%10-%11)n9)c8)cccc7c6c6c5c5ccccc5n6-c5ccccc5)cc3-4)n2)cc1. The Labute approximate surface area is 802 Å². The van der Waals surface area contributed by atoms with E-state index in [1.54, 1.807) is 0 Å². The van der Waals surface area contributed by atoms with E-state index in [1.165, 1.54) is 10.8 Å². The number of rotatable bonds is 11. The highest BCUT2D eigenvalue weighted by Gasteiger charge is 2.54. The predicted molar refractivity (Wildman–Crippen MR) is 560 cm³/mol. The summed E-state index contributed by atoms with van der Waals surface area (Å²) in [6.45, 7) is 0. The van der Waals surface area contributed by atoms with Crippen molar-refractivity contribution in [2.24, 2.45) is 0 Å². The molecule has 0 unspecified atom stereocenters. The molecule has 650 valence electrons. The van der Waals surface area contributed by atoms with Gasteiger partial charge in [0.25, 0.3) is 0 Å². The Morgan fingerprint density at radius 2 is 0.614 bits per heavy atom. The molecule has 0 saturated heterocycles. The van der Waals surface area contributed by atoms with Crippen molar-refractivity contribution in [1.82, 2.24) is 39.0 Å². The Bertz CT molecular complexity index is 9640. The van der Waals surface area contributed by atoms with E-state index in [1.807, 2.05) is 54.6 Å². The molecule has 26 aromatic rings. The minimum Gasteiger partial charge on any atom is -0.457 e. The molecule has 0 N–H and O–H groups in total. The third-order valence-corrected chi connectivity index (χ3v) is 29.5. The Morgan fingerprint density at radius 1 is 0.193 bits per heavy atom. The Balaban J connectivity index is 0.591. The molecule has 20 aromatic carbocycles. The molecular formula is C128H74N8O4. The molecule has 0 atom stereocenters. The van der Waals surface area contributed by atoms with Crippen molar-refractivity contribution in [3.63, 3.8) is 0 Å². The lowest BCUT2D eigenvalue weighted by molar-refractivity contribution is 0.436. The van der Waals surface area contributed by atoms with Crippen LogP contribution < -0.4 is 9.47 Å². The number of hydrogen-bond acceptors (Lipinski definition) is 10. The Morgan fingerprint density at radius 3 is 1.24 bits per heavy atom. The highest BCUT2D eigenvalue weighted by atomic mass is 16.5. The molecule has 4 aliphatic rings. The van der Waals surface area contributed by atoms with Crippen LogP contribution in [0.15, 0.2) is 458 Å². The molecule has 2 aliphatic carbocycles. The number of benzene rings is 20. The lowest BCUT2D eigenvalue weighted by Crippen LogP contribution is -2.32. The van der Waals surface area contributed by atoms with E-state index in [2.05, 4.69) is 403 Å². The van der Waals surface area contributed by atoms with Crippen LogP contribution in [-0.4, -0.2) is 39.0 Å². The number of aromatic nitrogens is 8. The van der Waals surface area contributed by atoms with Crippen LogP contribution in [-0.2, 0) is 10.8 Å². The third-order valence-electron chi connectivity index (χ3n) is 29.5. The molecule has 8 heterocycles. The van der Waals surface area contributed by atoms with E-state index in [0.717, 1.165) is 245 Å². The van der Waals surface area contributed by atoms with Crippen LogP contribution in [0.3, 0.4) is 0 Å². The average molecular weight is 1790 g/mol. The van der Waals surface area contributed by atoms with Crippen LogP contribution in [0.1, 0.15) is 44.5 Å². The van der Waals surface area contributed by atoms with Gasteiger partial charge in [-0.25, -0.2) is 29.9 Å². The van der Waals surface area contributed by atoms with Crippen LogP contribution in [0.2, 0.25) is 0 Å². The third kappa shape index (κ3) is 11.2. The van der Waals surface area contributed by atoms with Gasteiger partial charge in [-0.05, 0) is 188 Å². The molecule has 2 spiro atoms. The van der Waals surface area contributed by atoms with Crippen LogP contribution in [0.4, 0.5) is 0 Å². The molecule has 0 saturated carbocycles. The van der Waals surface area contributed by atoms with Crippen molar-refractivity contribution in [2.45, 2.75) is 10.8 Å². The van der Waals surface area contributed by atoms with Crippen LogP contribution in [0, 0.1) is 0 Å². The first-order valence-corrected chi connectivity index (χ1v) is 47.4. The number of ether oxygens (including phenoxy) is 2. The maximum atomic E-state index is 7.72. The molecule has 0 bridgehead atoms. The summed E-state index contributed by atoms with van der Waals surface area (Å²) in [5.41, 5.74) is 32.0.